The molecule has 1 aliphatic carbocycles. The molecular weight excluding hydrogens is 228 g/mol. The molecule has 1 aromatic rings. The third-order valence-corrected chi connectivity index (χ3v) is 3.57. The zero-order chi connectivity index (χ0) is 12.7. The molecule has 1 fully saturated rings. The van der Waals surface area contributed by atoms with Crippen LogP contribution < -0.4 is 10.5 Å². The first-order valence-electron chi connectivity index (χ1n) is 6.26. The van der Waals surface area contributed by atoms with Crippen LogP contribution in [0.25, 0.3) is 0 Å². The maximum Gasteiger partial charge on any atom is 0.251 e. The van der Waals surface area contributed by atoms with E-state index in [2.05, 4.69) is 11.1 Å². The summed E-state index contributed by atoms with van der Waals surface area (Å²) in [5.41, 5.74) is 7.97. The lowest BCUT2D eigenvalue weighted by atomic mass is 10.00. The summed E-state index contributed by atoms with van der Waals surface area (Å²) in [6.45, 7) is 2.39. The predicted octanol–water partition coefficient (Wildman–Crippen LogP) is 1.63. The number of fused-ring (bicyclic) bond motifs is 1. The summed E-state index contributed by atoms with van der Waals surface area (Å²) in [4.78, 5) is 15.6. The van der Waals surface area contributed by atoms with Gasteiger partial charge in [-0.05, 0) is 30.9 Å². The second-order valence-electron chi connectivity index (χ2n) is 4.96. The van der Waals surface area contributed by atoms with Crippen LogP contribution in [0.3, 0.4) is 0 Å². The van der Waals surface area contributed by atoms with E-state index in [0.717, 1.165) is 25.2 Å². The highest BCUT2D eigenvalue weighted by molar-refractivity contribution is 5.95. The fourth-order valence-corrected chi connectivity index (χ4v) is 2.66. The first kappa shape index (κ1) is 11.3. The van der Waals surface area contributed by atoms with Gasteiger partial charge in [-0.25, -0.2) is 4.99 Å². The number of nitrogens with two attached hydrogens (primary N) is 1. The lowest BCUT2D eigenvalue weighted by Gasteiger charge is -2.05. The van der Waals surface area contributed by atoms with Gasteiger partial charge in [-0.15, -0.1) is 0 Å². The van der Waals surface area contributed by atoms with E-state index in [9.17, 15) is 4.79 Å². The summed E-state index contributed by atoms with van der Waals surface area (Å²) in [7, 11) is 0. The molecule has 0 aromatic heterocycles. The maximum absolute atomic E-state index is 11.8. The summed E-state index contributed by atoms with van der Waals surface area (Å²) in [5, 5.41) is 0. The number of carbonyl (C=O) groups excluding carboxylic acids is 1. The zero-order valence-corrected chi connectivity index (χ0v) is 10.3. The summed E-state index contributed by atoms with van der Waals surface area (Å²) >= 11 is 0. The fourth-order valence-electron chi connectivity index (χ4n) is 2.66. The minimum atomic E-state index is -0.0866. The summed E-state index contributed by atoms with van der Waals surface area (Å²) in [6, 6.07) is 6.09. The molecular formula is C14H16N2O2. The van der Waals surface area contributed by atoms with E-state index >= 15 is 0 Å². The number of rotatable bonds is 2. The van der Waals surface area contributed by atoms with Gasteiger partial charge in [0.15, 0.2) is 0 Å². The normalized spacial score (nSPS) is 25.5. The maximum atomic E-state index is 11.8. The summed E-state index contributed by atoms with van der Waals surface area (Å²) < 4.78 is 5.54. The van der Waals surface area contributed by atoms with Gasteiger partial charge >= 0.3 is 0 Å². The van der Waals surface area contributed by atoms with Crippen molar-refractivity contribution in [2.45, 2.75) is 25.7 Å². The van der Waals surface area contributed by atoms with Crippen LogP contribution in [0.5, 0.6) is 5.75 Å². The minimum absolute atomic E-state index is 0.00981. The van der Waals surface area contributed by atoms with E-state index in [4.69, 9.17) is 10.5 Å². The molecule has 2 N–H and O–H groups in total. The van der Waals surface area contributed by atoms with E-state index in [1.165, 1.54) is 11.1 Å². The van der Waals surface area contributed by atoms with Crippen LogP contribution in [0, 0.1) is 5.92 Å². The molecule has 94 valence electrons. The van der Waals surface area contributed by atoms with Gasteiger partial charge < -0.3 is 10.5 Å². The molecule has 3 rings (SSSR count). The van der Waals surface area contributed by atoms with Crippen molar-refractivity contribution < 1.29 is 9.53 Å². The fraction of sp³-hybridized carbons (Fsp3) is 0.429. The van der Waals surface area contributed by atoms with Crippen LogP contribution in [-0.4, -0.2) is 18.3 Å². The Morgan fingerprint density at radius 3 is 3.11 bits per heavy atom. The Kier molecular flexibility index (Phi) is 2.58. The van der Waals surface area contributed by atoms with Crippen LogP contribution in [0.2, 0.25) is 0 Å². The highest BCUT2D eigenvalue weighted by atomic mass is 16.5. The van der Waals surface area contributed by atoms with Crippen LogP contribution in [0.15, 0.2) is 23.2 Å². The molecule has 1 heterocycles. The molecule has 0 saturated heterocycles. The van der Waals surface area contributed by atoms with Crippen molar-refractivity contribution in [3.05, 3.63) is 29.3 Å². The van der Waals surface area contributed by atoms with Gasteiger partial charge in [0.25, 0.3) is 5.91 Å². The molecule has 4 nitrogen and oxygen atoms in total. The third kappa shape index (κ3) is 1.88. The van der Waals surface area contributed by atoms with Crippen molar-refractivity contribution in [1.82, 2.24) is 0 Å². The third-order valence-electron chi connectivity index (χ3n) is 3.57. The second-order valence-corrected chi connectivity index (χ2v) is 4.96. The number of ether oxygens (including phenoxy) is 1. The van der Waals surface area contributed by atoms with Crippen molar-refractivity contribution >= 4 is 11.7 Å². The van der Waals surface area contributed by atoms with Crippen molar-refractivity contribution in [3.63, 3.8) is 0 Å². The lowest BCUT2D eigenvalue weighted by molar-refractivity contribution is -0.119. The molecule has 18 heavy (non-hydrogen) atoms. The average Bonchev–Trinajstić information content (AvgIpc) is 2.97. The van der Waals surface area contributed by atoms with Crippen LogP contribution in [0.4, 0.5) is 0 Å². The standard InChI is InChI=1S/C14H16N2O2/c1-8(15)16-14(17)12-7-11(12)9-3-2-4-13-10(9)5-6-18-13/h2-4,11-12H,5-7H2,1H3,(H2,15,16,17)/t11-,12-/m1/s1. The summed E-state index contributed by atoms with van der Waals surface area (Å²) in [5.74, 6) is 1.54. The smallest absolute Gasteiger partial charge is 0.251 e. The highest BCUT2D eigenvalue weighted by Crippen LogP contribution is 2.51. The van der Waals surface area contributed by atoms with Crippen LogP contribution >= 0.6 is 0 Å². The Balaban J connectivity index is 1.81. The number of amidine groups is 1. The Hall–Kier alpha value is -1.84. The number of amides is 1. The predicted molar refractivity (Wildman–Crippen MR) is 68.8 cm³/mol. The van der Waals surface area contributed by atoms with E-state index in [1.54, 1.807) is 6.92 Å². The largest absolute Gasteiger partial charge is 0.493 e. The van der Waals surface area contributed by atoms with Gasteiger partial charge in [0.2, 0.25) is 0 Å². The van der Waals surface area contributed by atoms with Gasteiger partial charge in [-0.3, -0.25) is 4.79 Å². The zero-order valence-electron chi connectivity index (χ0n) is 10.3. The van der Waals surface area contributed by atoms with Crippen molar-refractivity contribution in [2.75, 3.05) is 6.61 Å². The molecule has 1 amide bonds. The summed E-state index contributed by atoms with van der Waals surface area (Å²) in [6.07, 6.45) is 1.83. The molecule has 0 unspecified atom stereocenters. The first-order valence-corrected chi connectivity index (χ1v) is 6.26. The molecule has 4 heteroatoms. The molecule has 1 saturated carbocycles. The number of benzene rings is 1. The highest BCUT2D eigenvalue weighted by Gasteiger charge is 2.45. The molecule has 0 bridgehead atoms. The number of hydrogen-bond acceptors (Lipinski definition) is 2. The van der Waals surface area contributed by atoms with Gasteiger partial charge in [0.1, 0.15) is 5.75 Å². The number of aliphatic imine (C=N–C) groups is 1. The number of nitrogens with zero attached hydrogens (tertiary/aromatic N) is 1. The molecule has 1 aliphatic heterocycles. The van der Waals surface area contributed by atoms with E-state index in [1.807, 2.05) is 12.1 Å². The van der Waals surface area contributed by atoms with E-state index in [0.29, 0.717) is 11.8 Å². The Morgan fingerprint density at radius 2 is 2.33 bits per heavy atom. The van der Waals surface area contributed by atoms with E-state index < -0.39 is 0 Å². The van der Waals surface area contributed by atoms with E-state index in [-0.39, 0.29) is 11.8 Å². The average molecular weight is 244 g/mol. The van der Waals surface area contributed by atoms with Crippen molar-refractivity contribution in [1.29, 1.82) is 0 Å². The van der Waals surface area contributed by atoms with Crippen molar-refractivity contribution in [2.24, 2.45) is 16.6 Å². The monoisotopic (exact) mass is 244 g/mol. The lowest BCUT2D eigenvalue weighted by Crippen LogP contribution is -2.10. The Morgan fingerprint density at radius 1 is 1.50 bits per heavy atom. The van der Waals surface area contributed by atoms with Gasteiger partial charge in [0.05, 0.1) is 12.4 Å². The molecule has 0 spiro atoms. The first-order chi connectivity index (χ1) is 8.66. The molecule has 2 atom stereocenters. The van der Waals surface area contributed by atoms with Crippen LogP contribution in [-0.2, 0) is 11.2 Å². The Labute approximate surface area is 106 Å². The minimum Gasteiger partial charge on any atom is -0.493 e. The number of hydrogen-bond donors (Lipinski definition) is 1. The quantitative estimate of drug-likeness (QED) is 0.635. The molecule has 1 aromatic carbocycles. The van der Waals surface area contributed by atoms with Gasteiger partial charge in [-0.2, -0.15) is 0 Å². The SMILES string of the molecule is CC(N)=NC(=O)[C@@H]1C[C@@H]1c1cccc2c1CCO2. The number of carbonyl (C=O) groups is 1. The van der Waals surface area contributed by atoms with Gasteiger partial charge in [-0.1, -0.05) is 12.1 Å². The van der Waals surface area contributed by atoms with Gasteiger partial charge in [0, 0.05) is 17.9 Å². The molecule has 0 radical (unpaired) electrons. The van der Waals surface area contributed by atoms with Crippen molar-refractivity contribution in [3.8, 4) is 5.75 Å². The topological polar surface area (TPSA) is 64.7 Å². The molecule has 2 aliphatic rings. The second kappa shape index (κ2) is 4.12. The van der Waals surface area contributed by atoms with Crippen LogP contribution in [0.1, 0.15) is 30.4 Å². The Bertz CT molecular complexity index is 533.